The molecule has 6 atom stereocenters. The first kappa shape index (κ1) is 46.4. The van der Waals surface area contributed by atoms with Gasteiger partial charge >= 0.3 is 12.2 Å². The van der Waals surface area contributed by atoms with Gasteiger partial charge in [0.25, 0.3) is 0 Å². The van der Waals surface area contributed by atoms with Crippen LogP contribution in [0.15, 0.2) is 60.7 Å². The highest BCUT2D eigenvalue weighted by atomic mass is 16.6. The highest BCUT2D eigenvalue weighted by Gasteiger charge is 2.51. The smallest absolute Gasteiger partial charge is 0.410 e. The van der Waals surface area contributed by atoms with E-state index in [1.807, 2.05) is 74.5 Å². The minimum Gasteiger partial charge on any atom is -0.443 e. The Bertz CT molecular complexity index is 1820. The van der Waals surface area contributed by atoms with Gasteiger partial charge in [-0.2, -0.15) is 0 Å². The number of hydrogen-bond acceptors (Lipinski definition) is 12. The summed E-state index contributed by atoms with van der Waals surface area (Å²) in [4.78, 5) is 92.5. The molecule has 7 rings (SSSR count). The number of carbonyl (C=O) groups excluding carboxylic acids is 6. The summed E-state index contributed by atoms with van der Waals surface area (Å²) >= 11 is 0. The maximum atomic E-state index is 13.9. The predicted molar refractivity (Wildman–Crippen MR) is 234 cm³/mol. The summed E-state index contributed by atoms with van der Waals surface area (Å²) in [5, 5.41) is 19.5. The van der Waals surface area contributed by atoms with Crippen LogP contribution in [0.4, 0.5) is 21.0 Å². The summed E-state index contributed by atoms with van der Waals surface area (Å²) in [6.07, 6.45) is 1.07. The van der Waals surface area contributed by atoms with Crippen LogP contribution in [0, 0.1) is 23.7 Å². The molecule has 18 heteroatoms. The Balaban J connectivity index is 0.906. The number of piperazine rings is 3. The van der Waals surface area contributed by atoms with Crippen LogP contribution < -0.4 is 20.8 Å². The minimum absolute atomic E-state index is 0.0695. The lowest BCUT2D eigenvalue weighted by molar-refractivity contribution is -0.154. The average molecular weight is 889 g/mol. The third kappa shape index (κ3) is 10.2. The van der Waals surface area contributed by atoms with Gasteiger partial charge in [0.15, 0.2) is 0 Å². The lowest BCUT2D eigenvalue weighted by atomic mass is 9.69. The maximum absolute atomic E-state index is 13.9. The van der Waals surface area contributed by atoms with Crippen molar-refractivity contribution in [2.45, 2.75) is 76.4 Å². The first-order chi connectivity index (χ1) is 30.9. The molecule has 3 heterocycles. The van der Waals surface area contributed by atoms with Crippen LogP contribution in [0.1, 0.15) is 65.2 Å². The molecule has 18 nitrogen and oxygen atoms in total. The Morgan fingerprint density at radius 3 is 1.16 bits per heavy atom. The van der Waals surface area contributed by atoms with E-state index in [9.17, 15) is 39.2 Å². The number of carbonyl (C=O) groups is 6. The molecule has 2 saturated carbocycles. The van der Waals surface area contributed by atoms with Crippen LogP contribution in [0.25, 0.3) is 0 Å². The fourth-order valence-electron chi connectivity index (χ4n) is 10.5. The van der Waals surface area contributed by atoms with Gasteiger partial charge in [0.2, 0.25) is 23.6 Å². The molecule has 2 aromatic carbocycles. The van der Waals surface area contributed by atoms with Gasteiger partial charge in [0.05, 0.1) is 23.7 Å². The fraction of sp³-hybridized carbons (Fsp3) is 0.609. The number of ether oxygens (including phenoxy) is 2. The van der Waals surface area contributed by atoms with Gasteiger partial charge in [-0.15, -0.1) is 0 Å². The molecule has 5 aliphatic rings. The number of benzene rings is 2. The van der Waals surface area contributed by atoms with Crippen LogP contribution in [0.2, 0.25) is 0 Å². The SMILES string of the molecule is CC[C@@]1(OC(=O)N2CCN(C(=O)O[C@]3(CC)CC[C@H](C(=O)N4CCN(c5ccccc5)CC4)[C@@H](C(=O)NO)C3)CC2)CC[C@H](C(=O)N2CCN(c3ccccc3)CC2)[C@@H](C(=O)NO)C1. The van der Waals surface area contributed by atoms with Crippen molar-refractivity contribution in [3.8, 4) is 0 Å². The number of nitrogens with one attached hydrogen (secondary N) is 2. The zero-order chi connectivity index (χ0) is 45.4. The molecule has 0 spiro atoms. The van der Waals surface area contributed by atoms with E-state index < -0.39 is 58.9 Å². The fourth-order valence-corrected chi connectivity index (χ4v) is 10.5. The van der Waals surface area contributed by atoms with E-state index in [2.05, 4.69) is 9.80 Å². The highest BCUT2D eigenvalue weighted by molar-refractivity contribution is 5.89. The molecule has 2 aliphatic carbocycles. The molecule has 4 N–H and O–H groups in total. The minimum atomic E-state index is -1.05. The highest BCUT2D eigenvalue weighted by Crippen LogP contribution is 2.44. The van der Waals surface area contributed by atoms with Gasteiger partial charge in [-0.3, -0.25) is 29.6 Å². The summed E-state index contributed by atoms with van der Waals surface area (Å²) in [7, 11) is 0. The van der Waals surface area contributed by atoms with Gasteiger partial charge in [0.1, 0.15) is 11.2 Å². The molecule has 3 saturated heterocycles. The second-order valence-electron chi connectivity index (χ2n) is 17.9. The summed E-state index contributed by atoms with van der Waals surface area (Å²) in [5.41, 5.74) is 3.58. The number of hydrogen-bond donors (Lipinski definition) is 4. The first-order valence-electron chi connectivity index (χ1n) is 22.9. The number of anilines is 2. The molecule has 3 aliphatic heterocycles. The molecule has 348 valence electrons. The second-order valence-corrected chi connectivity index (χ2v) is 17.9. The Labute approximate surface area is 374 Å². The van der Waals surface area contributed by atoms with E-state index >= 15 is 0 Å². The first-order valence-corrected chi connectivity index (χ1v) is 22.9. The van der Waals surface area contributed by atoms with Crippen molar-refractivity contribution >= 4 is 47.2 Å². The molecule has 5 fully saturated rings. The van der Waals surface area contributed by atoms with Crippen LogP contribution in [-0.2, 0) is 28.7 Å². The van der Waals surface area contributed by atoms with E-state index in [0.717, 1.165) is 11.4 Å². The van der Waals surface area contributed by atoms with Crippen molar-refractivity contribution in [1.29, 1.82) is 0 Å². The van der Waals surface area contributed by atoms with Crippen molar-refractivity contribution in [3.05, 3.63) is 60.7 Å². The maximum Gasteiger partial charge on any atom is 0.410 e. The summed E-state index contributed by atoms with van der Waals surface area (Å²) in [6.45, 7) is 9.00. The molecule has 0 aromatic heterocycles. The van der Waals surface area contributed by atoms with Crippen molar-refractivity contribution in [1.82, 2.24) is 30.6 Å². The summed E-state index contributed by atoms with van der Waals surface area (Å²) in [5.74, 6) is -4.84. The standard InChI is InChI=1S/C46H64N8O10/c1-3-45(17-15-35(37(31-45)39(55)47-61)41(57)51-23-19-49(20-24-51)33-11-7-5-8-12-33)63-43(59)53-27-29-54(30-28-53)44(60)64-46(4-2)18-16-36(38(32-46)40(56)48-62)42(58)52-25-21-50(22-26-52)34-13-9-6-10-14-34/h5-14,35-38,61-62H,3-4,15-32H2,1-2H3,(H,47,55)(H,48,56)/t35-,36-,37-,38-,45+,46+/m0/s1. The number of hydroxylamine groups is 2. The van der Waals surface area contributed by atoms with E-state index in [0.29, 0.717) is 90.9 Å². The molecule has 6 amide bonds. The normalized spacial score (nSPS) is 27.6. The Hall–Kier alpha value is -5.62. The van der Waals surface area contributed by atoms with Crippen LogP contribution in [-0.4, -0.2) is 156 Å². The van der Waals surface area contributed by atoms with Gasteiger partial charge in [-0.05, 0) is 75.6 Å². The zero-order valence-corrected chi connectivity index (χ0v) is 37.1. The van der Waals surface area contributed by atoms with Crippen LogP contribution in [0.5, 0.6) is 0 Å². The lowest BCUT2D eigenvalue weighted by Crippen LogP contribution is -2.57. The quantitative estimate of drug-likeness (QED) is 0.199. The molecule has 2 aromatic rings. The van der Waals surface area contributed by atoms with E-state index in [-0.39, 0.29) is 50.8 Å². The topological polar surface area (TPSA) is 205 Å². The van der Waals surface area contributed by atoms with Gasteiger partial charge in [-0.25, -0.2) is 20.5 Å². The van der Waals surface area contributed by atoms with Crippen molar-refractivity contribution in [2.24, 2.45) is 23.7 Å². The van der Waals surface area contributed by atoms with E-state index in [1.165, 1.54) is 9.80 Å². The summed E-state index contributed by atoms with van der Waals surface area (Å²) < 4.78 is 12.4. The Kier molecular flexibility index (Phi) is 14.8. The molecule has 0 radical (unpaired) electrons. The van der Waals surface area contributed by atoms with Crippen LogP contribution in [0.3, 0.4) is 0 Å². The average Bonchev–Trinajstić information content (AvgIpc) is 3.36. The monoisotopic (exact) mass is 888 g/mol. The van der Waals surface area contributed by atoms with Gasteiger partial charge < -0.3 is 38.9 Å². The third-order valence-electron chi connectivity index (χ3n) is 14.6. The van der Waals surface area contributed by atoms with Gasteiger partial charge in [0, 0.05) is 89.9 Å². The third-order valence-corrected chi connectivity index (χ3v) is 14.6. The molecule has 0 unspecified atom stereocenters. The van der Waals surface area contributed by atoms with Crippen LogP contribution >= 0.6 is 0 Å². The largest absolute Gasteiger partial charge is 0.443 e. The molecule has 64 heavy (non-hydrogen) atoms. The Morgan fingerprint density at radius 1 is 0.516 bits per heavy atom. The van der Waals surface area contributed by atoms with Crippen molar-refractivity contribution < 1.29 is 48.7 Å². The Morgan fingerprint density at radius 2 is 0.844 bits per heavy atom. The summed E-state index contributed by atoms with van der Waals surface area (Å²) in [6, 6.07) is 20.0. The lowest BCUT2D eigenvalue weighted by Gasteiger charge is -2.46. The second kappa shape index (κ2) is 20.5. The molecule has 0 bridgehead atoms. The van der Waals surface area contributed by atoms with Crippen molar-refractivity contribution in [2.75, 3.05) is 88.3 Å². The molecular weight excluding hydrogens is 825 g/mol. The zero-order valence-electron chi connectivity index (χ0n) is 37.1. The number of amides is 6. The predicted octanol–water partition coefficient (Wildman–Crippen LogP) is 3.72. The van der Waals surface area contributed by atoms with Crippen molar-refractivity contribution in [3.63, 3.8) is 0 Å². The van der Waals surface area contributed by atoms with E-state index in [4.69, 9.17) is 9.47 Å². The number of nitrogens with zero attached hydrogens (tertiary/aromatic N) is 6. The number of rotatable bonds is 10. The van der Waals surface area contributed by atoms with E-state index in [1.54, 1.807) is 20.8 Å². The molecular formula is C46H64N8O10. The number of para-hydroxylation sites is 2. The van der Waals surface area contributed by atoms with Gasteiger partial charge in [-0.1, -0.05) is 50.2 Å².